The maximum Gasteiger partial charge on any atom is 0.195 e. The molecule has 1 unspecified atom stereocenters. The van der Waals surface area contributed by atoms with Gasteiger partial charge in [-0.3, -0.25) is 4.99 Å². The molecule has 0 aliphatic heterocycles. The Hall–Kier alpha value is -2.73. The first-order valence-electron chi connectivity index (χ1n) is 9.48. The zero-order chi connectivity index (χ0) is 20.5. The maximum absolute atomic E-state index is 5.38. The SMILES string of the molecule is CCNC(=NCC(c1ccc(C)cc1)N(C)C)Nc1ccc(OC)c(OC)c1. The van der Waals surface area contributed by atoms with Crippen molar-refractivity contribution in [3.8, 4) is 11.5 Å². The molecule has 0 saturated carbocycles. The lowest BCUT2D eigenvalue weighted by molar-refractivity contribution is 0.306. The Labute approximate surface area is 168 Å². The number of hydrogen-bond donors (Lipinski definition) is 2. The predicted molar refractivity (Wildman–Crippen MR) is 117 cm³/mol. The minimum atomic E-state index is 0.196. The van der Waals surface area contributed by atoms with Gasteiger partial charge in [-0.2, -0.15) is 0 Å². The van der Waals surface area contributed by atoms with E-state index in [4.69, 9.17) is 14.5 Å². The fourth-order valence-electron chi connectivity index (χ4n) is 2.89. The van der Waals surface area contributed by atoms with E-state index in [1.165, 1.54) is 11.1 Å². The van der Waals surface area contributed by atoms with Gasteiger partial charge in [0, 0.05) is 18.3 Å². The van der Waals surface area contributed by atoms with Gasteiger partial charge >= 0.3 is 0 Å². The predicted octanol–water partition coefficient (Wildman–Crippen LogP) is 3.69. The van der Waals surface area contributed by atoms with Gasteiger partial charge < -0.3 is 25.0 Å². The smallest absolute Gasteiger partial charge is 0.195 e. The third kappa shape index (κ3) is 5.89. The number of guanidine groups is 1. The molecule has 0 amide bonds. The second kappa shape index (κ2) is 10.6. The zero-order valence-corrected chi connectivity index (χ0v) is 17.7. The molecular formula is C22H32N4O2. The Kier molecular flexibility index (Phi) is 8.14. The summed E-state index contributed by atoms with van der Waals surface area (Å²) in [7, 11) is 7.41. The highest BCUT2D eigenvalue weighted by molar-refractivity contribution is 5.94. The quantitative estimate of drug-likeness (QED) is 0.537. The van der Waals surface area contributed by atoms with Crippen LogP contribution in [0.4, 0.5) is 5.69 Å². The van der Waals surface area contributed by atoms with Gasteiger partial charge in [-0.25, -0.2) is 0 Å². The topological polar surface area (TPSA) is 58.1 Å². The van der Waals surface area contributed by atoms with Crippen molar-refractivity contribution in [3.05, 3.63) is 53.6 Å². The van der Waals surface area contributed by atoms with Gasteiger partial charge in [-0.15, -0.1) is 0 Å². The summed E-state index contributed by atoms with van der Waals surface area (Å²) in [5.41, 5.74) is 3.39. The van der Waals surface area contributed by atoms with Crippen LogP contribution in [0.1, 0.15) is 24.1 Å². The van der Waals surface area contributed by atoms with E-state index in [9.17, 15) is 0 Å². The second-order valence-corrected chi connectivity index (χ2v) is 6.80. The fraction of sp³-hybridized carbons (Fsp3) is 0.409. The highest BCUT2D eigenvalue weighted by Crippen LogP contribution is 2.29. The van der Waals surface area contributed by atoms with Crippen molar-refractivity contribution in [1.29, 1.82) is 0 Å². The maximum atomic E-state index is 5.38. The number of aryl methyl sites for hydroxylation is 1. The Morgan fingerprint density at radius 3 is 2.29 bits per heavy atom. The van der Waals surface area contributed by atoms with Crippen LogP contribution in [0.2, 0.25) is 0 Å². The Morgan fingerprint density at radius 2 is 1.71 bits per heavy atom. The summed E-state index contributed by atoms with van der Waals surface area (Å²) in [5, 5.41) is 6.65. The molecule has 0 aliphatic carbocycles. The van der Waals surface area contributed by atoms with Crippen molar-refractivity contribution in [2.24, 2.45) is 4.99 Å². The van der Waals surface area contributed by atoms with E-state index in [0.29, 0.717) is 18.0 Å². The lowest BCUT2D eigenvalue weighted by Gasteiger charge is -2.24. The number of hydrogen-bond acceptors (Lipinski definition) is 4. The first kappa shape index (κ1) is 21.6. The summed E-state index contributed by atoms with van der Waals surface area (Å²) >= 11 is 0. The van der Waals surface area contributed by atoms with Gasteiger partial charge in [0.05, 0.1) is 26.8 Å². The fourth-order valence-corrected chi connectivity index (χ4v) is 2.89. The summed E-state index contributed by atoms with van der Waals surface area (Å²) in [6.45, 7) is 5.56. The minimum Gasteiger partial charge on any atom is -0.493 e. The van der Waals surface area contributed by atoms with Crippen LogP contribution in [0.25, 0.3) is 0 Å². The summed E-state index contributed by atoms with van der Waals surface area (Å²) in [4.78, 5) is 7.00. The molecule has 1 atom stereocenters. The number of aliphatic imine (C=N–C) groups is 1. The van der Waals surface area contributed by atoms with E-state index >= 15 is 0 Å². The summed E-state index contributed by atoms with van der Waals surface area (Å²) in [5.74, 6) is 2.10. The number of methoxy groups -OCH3 is 2. The number of nitrogens with zero attached hydrogens (tertiary/aromatic N) is 2. The molecule has 0 bridgehead atoms. The average Bonchev–Trinajstić information content (AvgIpc) is 2.69. The lowest BCUT2D eigenvalue weighted by atomic mass is 10.0. The molecule has 152 valence electrons. The lowest BCUT2D eigenvalue weighted by Crippen LogP contribution is -2.32. The van der Waals surface area contributed by atoms with Gasteiger partial charge in [0.1, 0.15) is 0 Å². The molecule has 0 radical (unpaired) electrons. The van der Waals surface area contributed by atoms with E-state index < -0.39 is 0 Å². The Bertz CT molecular complexity index is 773. The van der Waals surface area contributed by atoms with E-state index in [1.54, 1.807) is 14.2 Å². The molecule has 6 nitrogen and oxygen atoms in total. The van der Waals surface area contributed by atoms with Crippen LogP contribution in [0, 0.1) is 6.92 Å². The zero-order valence-electron chi connectivity index (χ0n) is 17.7. The Balaban J connectivity index is 2.19. The normalized spacial score (nSPS) is 12.6. The molecule has 2 aromatic rings. The van der Waals surface area contributed by atoms with E-state index in [2.05, 4.69) is 67.7 Å². The number of likely N-dealkylation sites (N-methyl/N-ethyl adjacent to an activating group) is 1. The first-order valence-corrected chi connectivity index (χ1v) is 9.48. The van der Waals surface area contributed by atoms with E-state index in [-0.39, 0.29) is 6.04 Å². The molecule has 0 spiro atoms. The van der Waals surface area contributed by atoms with Crippen molar-refractivity contribution in [2.45, 2.75) is 19.9 Å². The van der Waals surface area contributed by atoms with Crippen LogP contribution in [-0.2, 0) is 0 Å². The third-order valence-electron chi connectivity index (χ3n) is 4.50. The van der Waals surface area contributed by atoms with Crippen molar-refractivity contribution in [1.82, 2.24) is 10.2 Å². The standard InChI is InChI=1S/C22H32N4O2/c1-7-23-22(25-18-12-13-20(27-5)21(14-18)28-6)24-15-19(26(3)4)17-10-8-16(2)9-11-17/h8-14,19H,7,15H2,1-6H3,(H2,23,24,25). The highest BCUT2D eigenvalue weighted by Gasteiger charge is 2.14. The molecule has 0 saturated heterocycles. The van der Waals surface area contributed by atoms with Crippen LogP contribution in [0.15, 0.2) is 47.5 Å². The molecule has 2 aromatic carbocycles. The third-order valence-corrected chi connectivity index (χ3v) is 4.50. The number of rotatable bonds is 8. The molecule has 0 fully saturated rings. The molecular weight excluding hydrogens is 352 g/mol. The van der Waals surface area contributed by atoms with Crippen molar-refractivity contribution >= 4 is 11.6 Å². The molecule has 0 aromatic heterocycles. The molecule has 28 heavy (non-hydrogen) atoms. The van der Waals surface area contributed by atoms with Gasteiger partial charge in [0.2, 0.25) is 0 Å². The molecule has 6 heteroatoms. The van der Waals surface area contributed by atoms with E-state index in [1.807, 2.05) is 18.2 Å². The molecule has 2 rings (SSSR count). The van der Waals surface area contributed by atoms with Crippen LogP contribution in [0.3, 0.4) is 0 Å². The minimum absolute atomic E-state index is 0.196. The first-order chi connectivity index (χ1) is 13.5. The van der Waals surface area contributed by atoms with Crippen LogP contribution in [-0.4, -0.2) is 52.3 Å². The molecule has 0 heterocycles. The monoisotopic (exact) mass is 384 g/mol. The van der Waals surface area contributed by atoms with Gasteiger partial charge in [-0.1, -0.05) is 29.8 Å². The highest BCUT2D eigenvalue weighted by atomic mass is 16.5. The largest absolute Gasteiger partial charge is 0.493 e. The van der Waals surface area contributed by atoms with Gasteiger partial charge in [0.25, 0.3) is 0 Å². The van der Waals surface area contributed by atoms with Crippen molar-refractivity contribution in [3.63, 3.8) is 0 Å². The Morgan fingerprint density at radius 1 is 1.04 bits per heavy atom. The van der Waals surface area contributed by atoms with Crippen LogP contribution >= 0.6 is 0 Å². The van der Waals surface area contributed by atoms with Gasteiger partial charge in [0.15, 0.2) is 17.5 Å². The average molecular weight is 385 g/mol. The summed E-state index contributed by atoms with van der Waals surface area (Å²) in [6.07, 6.45) is 0. The van der Waals surface area contributed by atoms with Gasteiger partial charge in [-0.05, 0) is 45.6 Å². The number of ether oxygens (including phenoxy) is 2. The van der Waals surface area contributed by atoms with Crippen LogP contribution in [0.5, 0.6) is 11.5 Å². The van der Waals surface area contributed by atoms with E-state index in [0.717, 1.165) is 18.2 Å². The molecule has 2 N–H and O–H groups in total. The van der Waals surface area contributed by atoms with Crippen molar-refractivity contribution in [2.75, 3.05) is 46.7 Å². The van der Waals surface area contributed by atoms with Crippen LogP contribution < -0.4 is 20.1 Å². The van der Waals surface area contributed by atoms with Crippen molar-refractivity contribution < 1.29 is 9.47 Å². The second-order valence-electron chi connectivity index (χ2n) is 6.80. The summed E-state index contributed by atoms with van der Waals surface area (Å²) < 4.78 is 10.7. The number of anilines is 1. The number of nitrogens with one attached hydrogen (secondary N) is 2. The number of benzene rings is 2. The summed E-state index contributed by atoms with van der Waals surface area (Å²) in [6, 6.07) is 14.5. The molecule has 0 aliphatic rings.